The van der Waals surface area contributed by atoms with Crippen LogP contribution in [0.15, 0.2) is 33.8 Å². The molecule has 0 atom stereocenters. The van der Waals surface area contributed by atoms with Gasteiger partial charge < -0.3 is 9.47 Å². The van der Waals surface area contributed by atoms with Crippen LogP contribution in [0.25, 0.3) is 0 Å². The second-order valence-electron chi connectivity index (χ2n) is 5.35. The fourth-order valence-corrected chi connectivity index (χ4v) is 2.51. The highest BCUT2D eigenvalue weighted by atomic mass is 79.9. The number of hydrogen-bond acceptors (Lipinski definition) is 6. The number of aryl methyl sites for hydroxylation is 1. The van der Waals surface area contributed by atoms with Gasteiger partial charge in [0.25, 0.3) is 5.91 Å². The number of amides is 1. The van der Waals surface area contributed by atoms with E-state index in [-0.39, 0.29) is 30.5 Å². The van der Waals surface area contributed by atoms with E-state index < -0.39 is 5.91 Å². The van der Waals surface area contributed by atoms with Gasteiger partial charge in [0.1, 0.15) is 17.4 Å². The number of benzene rings is 1. The molecule has 0 saturated carbocycles. The van der Waals surface area contributed by atoms with Crippen molar-refractivity contribution in [3.8, 4) is 11.9 Å². The average molecular weight is 435 g/mol. The summed E-state index contributed by atoms with van der Waals surface area (Å²) in [5, 5.41) is 13.2. The Hall–Kier alpha value is -2.83. The molecular formula is C18H16BrFN4O3. The number of pyridine rings is 1. The molecule has 0 aliphatic heterocycles. The van der Waals surface area contributed by atoms with Crippen molar-refractivity contribution in [1.82, 2.24) is 10.4 Å². The van der Waals surface area contributed by atoms with Crippen LogP contribution in [0.5, 0.6) is 5.88 Å². The van der Waals surface area contributed by atoms with Crippen molar-refractivity contribution in [3.63, 3.8) is 0 Å². The molecule has 27 heavy (non-hydrogen) atoms. The van der Waals surface area contributed by atoms with Gasteiger partial charge in [0.15, 0.2) is 6.61 Å². The number of methoxy groups -OCH3 is 1. The lowest BCUT2D eigenvalue weighted by atomic mass is 10.1. The Morgan fingerprint density at radius 2 is 2.15 bits per heavy atom. The molecule has 0 aliphatic carbocycles. The Balaban J connectivity index is 2.02. The van der Waals surface area contributed by atoms with Crippen molar-refractivity contribution < 1.29 is 18.7 Å². The third kappa shape index (κ3) is 5.57. The second-order valence-corrected chi connectivity index (χ2v) is 6.14. The van der Waals surface area contributed by atoms with Crippen molar-refractivity contribution >= 4 is 28.1 Å². The molecule has 2 rings (SSSR count). The zero-order valence-electron chi connectivity index (χ0n) is 14.6. The molecule has 140 valence electrons. The lowest BCUT2D eigenvalue weighted by Crippen LogP contribution is -2.25. The number of rotatable bonds is 7. The van der Waals surface area contributed by atoms with Crippen LogP contribution in [0.4, 0.5) is 4.39 Å². The molecule has 7 nitrogen and oxygen atoms in total. The van der Waals surface area contributed by atoms with Crippen LogP contribution in [0, 0.1) is 24.1 Å². The van der Waals surface area contributed by atoms with Crippen LogP contribution in [0.1, 0.15) is 22.4 Å². The van der Waals surface area contributed by atoms with Gasteiger partial charge in [-0.3, -0.25) is 4.79 Å². The van der Waals surface area contributed by atoms with Gasteiger partial charge >= 0.3 is 0 Å². The Bertz CT molecular complexity index is 895. The van der Waals surface area contributed by atoms with E-state index in [2.05, 4.69) is 31.4 Å². The van der Waals surface area contributed by atoms with Gasteiger partial charge in [-0.25, -0.2) is 14.8 Å². The first-order valence-electron chi connectivity index (χ1n) is 7.74. The van der Waals surface area contributed by atoms with Gasteiger partial charge in [0, 0.05) is 17.1 Å². The maximum atomic E-state index is 12.8. The SMILES string of the molecule is COCc1c(Br)c(C)nc(OCC(=O)NN=Cc2ccc(F)cc2)c1C#N. The van der Waals surface area contributed by atoms with E-state index in [9.17, 15) is 14.4 Å². The lowest BCUT2D eigenvalue weighted by Gasteiger charge is -2.13. The van der Waals surface area contributed by atoms with E-state index in [0.29, 0.717) is 21.3 Å². The smallest absolute Gasteiger partial charge is 0.278 e. The molecule has 0 bridgehead atoms. The summed E-state index contributed by atoms with van der Waals surface area (Å²) in [6.45, 7) is 1.55. The van der Waals surface area contributed by atoms with Crippen LogP contribution < -0.4 is 10.2 Å². The zero-order valence-corrected chi connectivity index (χ0v) is 16.2. The Morgan fingerprint density at radius 3 is 2.78 bits per heavy atom. The molecule has 1 aromatic heterocycles. The van der Waals surface area contributed by atoms with Gasteiger partial charge in [0.2, 0.25) is 5.88 Å². The number of carbonyl (C=O) groups is 1. The number of aromatic nitrogens is 1. The zero-order chi connectivity index (χ0) is 19.8. The number of carbonyl (C=O) groups excluding carboxylic acids is 1. The van der Waals surface area contributed by atoms with Crippen molar-refractivity contribution in [3.05, 3.63) is 56.9 Å². The molecule has 1 aromatic carbocycles. The summed E-state index contributed by atoms with van der Waals surface area (Å²) < 4.78 is 24.0. The number of hydrogen-bond donors (Lipinski definition) is 1. The normalized spacial score (nSPS) is 10.6. The molecule has 1 heterocycles. The molecular weight excluding hydrogens is 419 g/mol. The van der Waals surface area contributed by atoms with E-state index in [1.165, 1.54) is 37.6 Å². The van der Waals surface area contributed by atoms with E-state index in [1.54, 1.807) is 6.92 Å². The topological polar surface area (TPSA) is 96.6 Å². The first-order chi connectivity index (χ1) is 13.0. The monoisotopic (exact) mass is 434 g/mol. The summed E-state index contributed by atoms with van der Waals surface area (Å²) >= 11 is 3.38. The standard InChI is InChI=1S/C18H16BrFN4O3/c1-11-17(19)15(9-26-2)14(7-21)18(23-11)27-10-16(25)24-22-8-12-3-5-13(20)6-4-12/h3-6,8H,9-10H2,1-2H3,(H,24,25). The quantitative estimate of drug-likeness (QED) is 0.533. The summed E-state index contributed by atoms with van der Waals surface area (Å²) in [4.78, 5) is 16.1. The predicted octanol–water partition coefficient (Wildman–Crippen LogP) is 2.84. The number of hydrazone groups is 1. The van der Waals surface area contributed by atoms with E-state index in [4.69, 9.17) is 9.47 Å². The van der Waals surface area contributed by atoms with Crippen LogP contribution in [-0.2, 0) is 16.1 Å². The first-order valence-corrected chi connectivity index (χ1v) is 8.53. The number of nitriles is 1. The molecule has 1 amide bonds. The largest absolute Gasteiger partial charge is 0.467 e. The van der Waals surface area contributed by atoms with Gasteiger partial charge in [-0.1, -0.05) is 12.1 Å². The number of halogens is 2. The maximum Gasteiger partial charge on any atom is 0.278 e. The summed E-state index contributed by atoms with van der Waals surface area (Å²) in [6.07, 6.45) is 1.37. The summed E-state index contributed by atoms with van der Waals surface area (Å²) in [5.41, 5.74) is 4.30. The highest BCUT2D eigenvalue weighted by Gasteiger charge is 2.18. The fourth-order valence-electron chi connectivity index (χ4n) is 2.11. The van der Waals surface area contributed by atoms with Crippen LogP contribution in [-0.4, -0.2) is 30.8 Å². The molecule has 0 radical (unpaired) electrons. The summed E-state index contributed by atoms with van der Waals surface area (Å²) in [6, 6.07) is 7.63. The van der Waals surface area contributed by atoms with Crippen molar-refractivity contribution in [1.29, 1.82) is 5.26 Å². The minimum absolute atomic E-state index is 0.0444. The summed E-state index contributed by atoms with van der Waals surface area (Å²) in [5.74, 6) is -0.848. The first kappa shape index (κ1) is 20.5. The molecule has 0 aliphatic rings. The molecule has 0 spiro atoms. The van der Waals surface area contributed by atoms with Crippen molar-refractivity contribution in [2.45, 2.75) is 13.5 Å². The van der Waals surface area contributed by atoms with Crippen molar-refractivity contribution in [2.24, 2.45) is 5.10 Å². The minimum atomic E-state index is -0.534. The van der Waals surface area contributed by atoms with E-state index >= 15 is 0 Å². The van der Waals surface area contributed by atoms with Gasteiger partial charge in [-0.15, -0.1) is 0 Å². The molecule has 1 N–H and O–H groups in total. The van der Waals surface area contributed by atoms with E-state index in [0.717, 1.165) is 0 Å². The fraction of sp³-hybridized carbons (Fsp3) is 0.222. The number of nitrogens with zero attached hydrogens (tertiary/aromatic N) is 3. The molecule has 0 fully saturated rings. The van der Waals surface area contributed by atoms with Crippen LogP contribution >= 0.6 is 15.9 Å². The summed E-state index contributed by atoms with van der Waals surface area (Å²) in [7, 11) is 1.51. The third-order valence-electron chi connectivity index (χ3n) is 3.38. The van der Waals surface area contributed by atoms with Crippen LogP contribution in [0.2, 0.25) is 0 Å². The minimum Gasteiger partial charge on any atom is -0.467 e. The van der Waals surface area contributed by atoms with Gasteiger partial charge in [0.05, 0.1) is 18.5 Å². The lowest BCUT2D eigenvalue weighted by molar-refractivity contribution is -0.123. The maximum absolute atomic E-state index is 12.8. The van der Waals surface area contributed by atoms with Gasteiger partial charge in [-0.05, 0) is 40.5 Å². The van der Waals surface area contributed by atoms with Gasteiger partial charge in [-0.2, -0.15) is 10.4 Å². The molecule has 2 aromatic rings. The third-order valence-corrected chi connectivity index (χ3v) is 4.43. The molecule has 0 unspecified atom stereocenters. The van der Waals surface area contributed by atoms with E-state index in [1.807, 2.05) is 6.07 Å². The highest BCUT2D eigenvalue weighted by Crippen LogP contribution is 2.29. The van der Waals surface area contributed by atoms with Crippen molar-refractivity contribution in [2.75, 3.05) is 13.7 Å². The number of ether oxygens (including phenoxy) is 2. The number of nitrogens with one attached hydrogen (secondary N) is 1. The predicted molar refractivity (Wildman–Crippen MR) is 99.7 cm³/mol. The van der Waals surface area contributed by atoms with Crippen LogP contribution in [0.3, 0.4) is 0 Å². The Morgan fingerprint density at radius 1 is 1.44 bits per heavy atom. The Labute approximate surface area is 163 Å². The molecule has 9 heteroatoms. The second kappa shape index (κ2) is 9.75. The molecule has 0 saturated heterocycles. The highest BCUT2D eigenvalue weighted by molar-refractivity contribution is 9.10. The average Bonchev–Trinajstić information content (AvgIpc) is 2.65. The Kier molecular flexibility index (Phi) is 7.40.